The van der Waals surface area contributed by atoms with E-state index in [4.69, 9.17) is 0 Å². The van der Waals surface area contributed by atoms with Gasteiger partial charge in [-0.05, 0) is 23.1 Å². The van der Waals surface area contributed by atoms with Crippen molar-refractivity contribution in [2.24, 2.45) is 0 Å². The minimum absolute atomic E-state index is 0. The van der Waals surface area contributed by atoms with Crippen LogP contribution in [-0.2, 0) is 0 Å². The smallest absolute Gasteiger partial charge is 1.00 e. The number of benzene rings is 2. The minimum Gasteiger partial charge on any atom is -1.00 e. The number of hydrogen-bond donors (Lipinski definition) is 0. The van der Waals surface area contributed by atoms with E-state index in [1.165, 1.54) is 16.7 Å². The molecule has 0 unspecified atom stereocenters. The van der Waals surface area contributed by atoms with Crippen molar-refractivity contribution in [1.82, 2.24) is 0 Å². The van der Waals surface area contributed by atoms with Crippen molar-refractivity contribution in [3.63, 3.8) is 0 Å². The van der Waals surface area contributed by atoms with Crippen molar-refractivity contribution in [2.75, 3.05) is 0 Å². The molecule has 0 spiro atoms. The summed E-state index contributed by atoms with van der Waals surface area (Å²) in [5.74, 6) is 0. The fourth-order valence-electron chi connectivity index (χ4n) is 1.84. The molecular weight excluding hydrogens is 227 g/mol. The van der Waals surface area contributed by atoms with Crippen LogP contribution in [0, 0.1) is 0 Å². The normalized spacial score (nSPS) is 9.11. The van der Waals surface area contributed by atoms with Gasteiger partial charge in [0.2, 0.25) is 0 Å². The first-order valence-corrected chi connectivity index (χ1v) is 5.83. The first-order valence-electron chi connectivity index (χ1n) is 5.83. The number of hydrogen-bond acceptors (Lipinski definition) is 0. The maximum atomic E-state index is 3.78. The van der Waals surface area contributed by atoms with Crippen LogP contribution in [-0.4, -0.2) is 0 Å². The maximum absolute atomic E-state index is 3.78. The van der Waals surface area contributed by atoms with Crippen molar-refractivity contribution >= 4 is 5.57 Å². The summed E-state index contributed by atoms with van der Waals surface area (Å²) in [5.41, 5.74) is 3.77. The molecule has 0 amide bonds. The molecule has 2 aromatic rings. The molecule has 0 N–H and O–H groups in total. The van der Waals surface area contributed by atoms with Crippen LogP contribution in [0.2, 0.25) is 0 Å². The summed E-state index contributed by atoms with van der Waals surface area (Å²) in [7, 11) is 0. The molecule has 0 radical (unpaired) electrons. The van der Waals surface area contributed by atoms with Gasteiger partial charge in [-0.25, -0.2) is 0 Å². The molecule has 0 saturated heterocycles. The van der Waals surface area contributed by atoms with Gasteiger partial charge >= 0.3 is 29.6 Å². The van der Waals surface area contributed by atoms with Crippen molar-refractivity contribution in [3.8, 4) is 0 Å². The van der Waals surface area contributed by atoms with E-state index in [2.05, 4.69) is 61.2 Å². The third-order valence-electron chi connectivity index (χ3n) is 2.66. The standard InChI is InChI=1S/C17H16.Na.H/c1-2-3-14-17(15-10-6-4-7-11-15)16-12-8-5-9-13-16;;/h2,4-14H,1,3H2;;/q;+1;-1. The van der Waals surface area contributed by atoms with Gasteiger partial charge < -0.3 is 1.43 Å². The molecule has 0 atom stereocenters. The van der Waals surface area contributed by atoms with Crippen LogP contribution in [0.5, 0.6) is 0 Å². The first kappa shape index (κ1) is 15.0. The predicted molar refractivity (Wildman–Crippen MR) is 75.9 cm³/mol. The fraction of sp³-hybridized carbons (Fsp3) is 0.0588. The van der Waals surface area contributed by atoms with Crippen LogP contribution in [0.3, 0.4) is 0 Å². The van der Waals surface area contributed by atoms with Gasteiger partial charge in [0.15, 0.2) is 0 Å². The van der Waals surface area contributed by atoms with Crippen molar-refractivity contribution < 1.29 is 31.0 Å². The molecule has 86 valence electrons. The Morgan fingerprint density at radius 1 is 0.889 bits per heavy atom. The summed E-state index contributed by atoms with van der Waals surface area (Å²) in [6.07, 6.45) is 5.03. The zero-order valence-electron chi connectivity index (χ0n) is 11.8. The van der Waals surface area contributed by atoms with Crippen LogP contribution in [0.1, 0.15) is 19.0 Å². The Labute approximate surface area is 133 Å². The molecule has 0 aromatic heterocycles. The number of allylic oxidation sites excluding steroid dienone is 2. The second-order valence-corrected chi connectivity index (χ2v) is 3.87. The maximum Gasteiger partial charge on any atom is 1.00 e. The summed E-state index contributed by atoms with van der Waals surface area (Å²) >= 11 is 0. The van der Waals surface area contributed by atoms with Crippen molar-refractivity contribution in [2.45, 2.75) is 6.42 Å². The molecule has 0 fully saturated rings. The summed E-state index contributed by atoms with van der Waals surface area (Å²) in [6.45, 7) is 3.78. The van der Waals surface area contributed by atoms with Gasteiger partial charge in [0.1, 0.15) is 0 Å². The average molecular weight is 244 g/mol. The molecule has 0 aliphatic heterocycles. The van der Waals surface area contributed by atoms with Gasteiger partial charge in [0, 0.05) is 0 Å². The van der Waals surface area contributed by atoms with Gasteiger partial charge in [0.05, 0.1) is 0 Å². The zero-order chi connectivity index (χ0) is 11.9. The molecule has 0 bridgehead atoms. The average Bonchev–Trinajstić information content (AvgIpc) is 2.42. The Morgan fingerprint density at radius 2 is 1.33 bits per heavy atom. The zero-order valence-corrected chi connectivity index (χ0v) is 12.8. The van der Waals surface area contributed by atoms with E-state index in [0.29, 0.717) is 0 Å². The largest absolute Gasteiger partial charge is 1.00 e. The van der Waals surface area contributed by atoms with E-state index in [9.17, 15) is 0 Å². The van der Waals surface area contributed by atoms with Crippen LogP contribution in [0.25, 0.3) is 5.57 Å². The number of rotatable bonds is 4. The van der Waals surface area contributed by atoms with Crippen molar-refractivity contribution in [3.05, 3.63) is 90.5 Å². The monoisotopic (exact) mass is 244 g/mol. The summed E-state index contributed by atoms with van der Waals surface area (Å²) in [4.78, 5) is 0. The first-order chi connectivity index (χ1) is 8.42. The Kier molecular flexibility index (Phi) is 6.74. The van der Waals surface area contributed by atoms with Crippen LogP contribution in [0.15, 0.2) is 79.4 Å². The molecule has 2 aromatic carbocycles. The van der Waals surface area contributed by atoms with E-state index in [1.807, 2.05) is 18.2 Å². The third-order valence-corrected chi connectivity index (χ3v) is 2.66. The van der Waals surface area contributed by atoms with Crippen molar-refractivity contribution in [1.29, 1.82) is 0 Å². The predicted octanol–water partition coefficient (Wildman–Crippen LogP) is 1.81. The van der Waals surface area contributed by atoms with E-state index in [0.717, 1.165) is 6.42 Å². The van der Waals surface area contributed by atoms with Gasteiger partial charge in [-0.3, -0.25) is 0 Å². The molecule has 0 aliphatic carbocycles. The molecule has 2 rings (SSSR count). The van der Waals surface area contributed by atoms with Crippen LogP contribution < -0.4 is 29.6 Å². The molecule has 0 nitrogen and oxygen atoms in total. The molecule has 0 heterocycles. The Hall–Kier alpha value is -1.08. The Bertz CT molecular complexity index is 462. The van der Waals surface area contributed by atoms with Crippen LogP contribution in [0.4, 0.5) is 0 Å². The van der Waals surface area contributed by atoms with E-state index in [-0.39, 0.29) is 31.0 Å². The summed E-state index contributed by atoms with van der Waals surface area (Å²) in [5, 5.41) is 0. The molecule has 1 heteroatoms. The second-order valence-electron chi connectivity index (χ2n) is 3.87. The van der Waals surface area contributed by atoms with E-state index >= 15 is 0 Å². The molecule has 0 saturated carbocycles. The fourth-order valence-corrected chi connectivity index (χ4v) is 1.84. The topological polar surface area (TPSA) is 0 Å². The Balaban J connectivity index is 0.00000162. The third kappa shape index (κ3) is 3.99. The summed E-state index contributed by atoms with van der Waals surface area (Å²) < 4.78 is 0. The van der Waals surface area contributed by atoms with E-state index in [1.54, 1.807) is 0 Å². The molecule has 0 aliphatic rings. The van der Waals surface area contributed by atoms with Gasteiger partial charge in [-0.1, -0.05) is 72.8 Å². The quantitative estimate of drug-likeness (QED) is 0.568. The Morgan fingerprint density at radius 3 is 1.72 bits per heavy atom. The molecular formula is C17H17Na. The van der Waals surface area contributed by atoms with Gasteiger partial charge in [-0.2, -0.15) is 0 Å². The SMILES string of the molecule is C=CCC=C(c1ccccc1)c1ccccc1.[H-].[Na+]. The summed E-state index contributed by atoms with van der Waals surface area (Å²) in [6, 6.07) is 20.9. The molecule has 18 heavy (non-hydrogen) atoms. The van der Waals surface area contributed by atoms with Crippen LogP contribution >= 0.6 is 0 Å². The second kappa shape index (κ2) is 8.10. The minimum atomic E-state index is 0. The van der Waals surface area contributed by atoms with Gasteiger partial charge in [-0.15, -0.1) is 6.58 Å². The van der Waals surface area contributed by atoms with E-state index < -0.39 is 0 Å². The van der Waals surface area contributed by atoms with Gasteiger partial charge in [0.25, 0.3) is 0 Å².